The molecule has 0 radical (unpaired) electrons. The number of nitrogens with zero attached hydrogens (tertiary/aromatic N) is 2. The van der Waals surface area contributed by atoms with E-state index in [0.29, 0.717) is 34.9 Å². The molecule has 2 N–H and O–H groups in total. The molecule has 4 rings (SSSR count). The summed E-state index contributed by atoms with van der Waals surface area (Å²) in [7, 11) is 1.60. The molecule has 4 aromatic rings. The number of aromatic nitrogens is 3. The average molecular weight is 380 g/mol. The van der Waals surface area contributed by atoms with Crippen molar-refractivity contribution in [3.63, 3.8) is 0 Å². The molecule has 0 fully saturated rings. The Morgan fingerprint density at radius 1 is 1.21 bits per heavy atom. The van der Waals surface area contributed by atoms with Gasteiger partial charge in [0.15, 0.2) is 5.58 Å². The third-order valence-electron chi connectivity index (χ3n) is 4.08. The Morgan fingerprint density at radius 3 is 2.82 bits per heavy atom. The molecule has 9 nitrogen and oxygen atoms in total. The minimum Gasteiger partial charge on any atom is -0.497 e. The quantitative estimate of drug-likeness (QED) is 0.527. The molecule has 0 aliphatic heterocycles. The van der Waals surface area contributed by atoms with Gasteiger partial charge >= 0.3 is 5.76 Å². The Bertz CT molecular complexity index is 1170. The molecular formula is C19H16N4O5. The van der Waals surface area contributed by atoms with Gasteiger partial charge in [0.2, 0.25) is 17.6 Å². The Hall–Kier alpha value is -3.88. The van der Waals surface area contributed by atoms with Crippen LogP contribution in [0.2, 0.25) is 0 Å². The first-order valence-electron chi connectivity index (χ1n) is 8.50. The van der Waals surface area contributed by atoms with Gasteiger partial charge in [-0.1, -0.05) is 5.16 Å². The van der Waals surface area contributed by atoms with E-state index in [1.54, 1.807) is 25.3 Å². The van der Waals surface area contributed by atoms with Crippen LogP contribution in [0.1, 0.15) is 12.3 Å². The summed E-state index contributed by atoms with van der Waals surface area (Å²) in [6.45, 7) is 0. The topological polar surface area (TPSA) is 123 Å². The molecule has 9 heteroatoms. The average Bonchev–Trinajstić information content (AvgIpc) is 3.32. The number of carbonyl (C=O) groups is 1. The van der Waals surface area contributed by atoms with E-state index in [2.05, 4.69) is 20.4 Å². The van der Waals surface area contributed by atoms with Gasteiger partial charge in [-0.2, -0.15) is 4.98 Å². The van der Waals surface area contributed by atoms with E-state index in [1.165, 1.54) is 0 Å². The lowest BCUT2D eigenvalue weighted by molar-refractivity contribution is -0.116. The summed E-state index contributed by atoms with van der Waals surface area (Å²) >= 11 is 0. The van der Waals surface area contributed by atoms with E-state index in [4.69, 9.17) is 13.7 Å². The Morgan fingerprint density at radius 2 is 2.04 bits per heavy atom. The third kappa shape index (κ3) is 3.78. The summed E-state index contributed by atoms with van der Waals surface area (Å²) in [6, 6.07) is 12.2. The van der Waals surface area contributed by atoms with Gasteiger partial charge < -0.3 is 19.0 Å². The fourth-order valence-corrected chi connectivity index (χ4v) is 2.69. The SMILES string of the molecule is COc1ccc(-c2noc(CCC(=O)Nc3ccc4oc(=O)[nH]c4c3)n2)cc1. The molecule has 2 aromatic heterocycles. The highest BCUT2D eigenvalue weighted by molar-refractivity contribution is 5.92. The number of ether oxygens (including phenoxy) is 1. The molecule has 142 valence electrons. The van der Waals surface area contributed by atoms with Crippen molar-refractivity contribution in [3.05, 3.63) is 58.9 Å². The molecule has 0 unspecified atom stereocenters. The van der Waals surface area contributed by atoms with Crippen molar-refractivity contribution in [1.82, 2.24) is 15.1 Å². The van der Waals surface area contributed by atoms with Crippen LogP contribution in [0.25, 0.3) is 22.5 Å². The summed E-state index contributed by atoms with van der Waals surface area (Å²) in [5.74, 6) is 0.807. The normalized spacial score (nSPS) is 10.9. The zero-order valence-electron chi connectivity index (χ0n) is 14.9. The minimum atomic E-state index is -0.539. The lowest BCUT2D eigenvalue weighted by Gasteiger charge is -2.03. The van der Waals surface area contributed by atoms with Crippen LogP contribution >= 0.6 is 0 Å². The number of hydrogen-bond acceptors (Lipinski definition) is 7. The van der Waals surface area contributed by atoms with Crippen LogP contribution in [0.5, 0.6) is 5.75 Å². The van der Waals surface area contributed by atoms with Gasteiger partial charge in [0.25, 0.3) is 0 Å². The van der Waals surface area contributed by atoms with Gasteiger partial charge in [-0.15, -0.1) is 0 Å². The molecule has 2 aromatic carbocycles. The number of methoxy groups -OCH3 is 1. The second kappa shape index (κ2) is 7.39. The number of hydrogen-bond donors (Lipinski definition) is 2. The van der Waals surface area contributed by atoms with Gasteiger partial charge in [-0.25, -0.2) is 4.79 Å². The van der Waals surface area contributed by atoms with Crippen molar-refractivity contribution < 1.29 is 18.5 Å². The number of amides is 1. The van der Waals surface area contributed by atoms with Gasteiger partial charge in [0, 0.05) is 24.1 Å². The number of nitrogens with one attached hydrogen (secondary N) is 2. The number of H-pyrrole nitrogens is 1. The molecule has 0 spiro atoms. The lowest BCUT2D eigenvalue weighted by atomic mass is 10.2. The summed E-state index contributed by atoms with van der Waals surface area (Å²) in [5, 5.41) is 6.70. The summed E-state index contributed by atoms with van der Waals surface area (Å²) < 4.78 is 15.3. The maximum Gasteiger partial charge on any atom is 0.417 e. The zero-order valence-corrected chi connectivity index (χ0v) is 14.9. The van der Waals surface area contributed by atoms with Gasteiger partial charge in [-0.3, -0.25) is 9.78 Å². The number of carbonyl (C=O) groups excluding carboxylic acids is 1. The number of rotatable bonds is 6. The Labute approximate surface area is 158 Å². The molecule has 28 heavy (non-hydrogen) atoms. The lowest BCUT2D eigenvalue weighted by Crippen LogP contribution is -2.12. The minimum absolute atomic E-state index is 0.171. The summed E-state index contributed by atoms with van der Waals surface area (Å²) in [4.78, 5) is 30.2. The van der Waals surface area contributed by atoms with Gasteiger partial charge in [-0.05, 0) is 42.5 Å². The van der Waals surface area contributed by atoms with Crippen LogP contribution in [-0.4, -0.2) is 28.1 Å². The van der Waals surface area contributed by atoms with E-state index >= 15 is 0 Å². The number of anilines is 1. The number of aromatic amines is 1. The predicted octanol–water partition coefficient (Wildman–Crippen LogP) is 2.75. The molecule has 0 bridgehead atoms. The molecule has 2 heterocycles. The van der Waals surface area contributed by atoms with Crippen molar-refractivity contribution in [1.29, 1.82) is 0 Å². The maximum atomic E-state index is 12.2. The monoisotopic (exact) mass is 380 g/mol. The van der Waals surface area contributed by atoms with Crippen LogP contribution < -0.4 is 15.8 Å². The molecule has 0 aliphatic carbocycles. The van der Waals surface area contributed by atoms with Crippen LogP contribution in [-0.2, 0) is 11.2 Å². The first kappa shape index (κ1) is 17.5. The van der Waals surface area contributed by atoms with Gasteiger partial charge in [0.1, 0.15) is 5.75 Å². The summed E-state index contributed by atoms with van der Waals surface area (Å²) in [6.07, 6.45) is 0.476. The molecule has 0 atom stereocenters. The number of fused-ring (bicyclic) bond motifs is 1. The molecule has 0 aliphatic rings. The second-order valence-corrected chi connectivity index (χ2v) is 6.01. The van der Waals surface area contributed by atoms with E-state index in [9.17, 15) is 9.59 Å². The molecule has 1 amide bonds. The van der Waals surface area contributed by atoms with E-state index < -0.39 is 5.76 Å². The van der Waals surface area contributed by atoms with Crippen LogP contribution in [0, 0.1) is 0 Å². The highest BCUT2D eigenvalue weighted by Crippen LogP contribution is 2.20. The van der Waals surface area contributed by atoms with Crippen molar-refractivity contribution >= 4 is 22.7 Å². The highest BCUT2D eigenvalue weighted by atomic mass is 16.5. The maximum absolute atomic E-state index is 12.2. The largest absolute Gasteiger partial charge is 0.497 e. The number of aryl methyl sites for hydroxylation is 1. The van der Waals surface area contributed by atoms with Crippen molar-refractivity contribution in [2.24, 2.45) is 0 Å². The molecule has 0 saturated heterocycles. The fraction of sp³-hybridized carbons (Fsp3) is 0.158. The Kier molecular flexibility index (Phi) is 4.63. The second-order valence-electron chi connectivity index (χ2n) is 6.01. The van der Waals surface area contributed by atoms with E-state index in [0.717, 1.165) is 11.3 Å². The van der Waals surface area contributed by atoms with E-state index in [1.807, 2.05) is 24.3 Å². The standard InChI is InChI=1S/C19H16N4O5/c1-26-13-5-2-11(3-6-13)18-22-17(28-23-18)9-8-16(24)20-12-4-7-15-14(10-12)21-19(25)27-15/h2-7,10H,8-9H2,1H3,(H,20,24)(H,21,25). The summed E-state index contributed by atoms with van der Waals surface area (Å²) in [5.41, 5.74) is 2.30. The van der Waals surface area contributed by atoms with Gasteiger partial charge in [0.05, 0.1) is 12.6 Å². The van der Waals surface area contributed by atoms with Crippen molar-refractivity contribution in [2.75, 3.05) is 12.4 Å². The third-order valence-corrected chi connectivity index (χ3v) is 4.08. The fourth-order valence-electron chi connectivity index (χ4n) is 2.69. The number of benzene rings is 2. The number of oxazole rings is 1. The van der Waals surface area contributed by atoms with E-state index in [-0.39, 0.29) is 12.3 Å². The van der Waals surface area contributed by atoms with Crippen LogP contribution in [0.4, 0.5) is 5.69 Å². The van der Waals surface area contributed by atoms with Crippen molar-refractivity contribution in [2.45, 2.75) is 12.8 Å². The molecule has 0 saturated carbocycles. The first-order valence-corrected chi connectivity index (χ1v) is 8.50. The first-order chi connectivity index (χ1) is 13.6. The highest BCUT2D eigenvalue weighted by Gasteiger charge is 2.12. The predicted molar refractivity (Wildman–Crippen MR) is 100 cm³/mol. The molecular weight excluding hydrogens is 364 g/mol. The van der Waals surface area contributed by atoms with Crippen molar-refractivity contribution in [3.8, 4) is 17.1 Å². The van der Waals surface area contributed by atoms with Crippen LogP contribution in [0.15, 0.2) is 56.2 Å². The van der Waals surface area contributed by atoms with Crippen LogP contribution in [0.3, 0.4) is 0 Å². The smallest absolute Gasteiger partial charge is 0.417 e. The zero-order chi connectivity index (χ0) is 19.5. The Balaban J connectivity index is 1.36.